The molecule has 39 heavy (non-hydrogen) atoms. The van der Waals surface area contributed by atoms with E-state index in [1.165, 1.54) is 6.07 Å². The van der Waals surface area contributed by atoms with Crippen molar-refractivity contribution in [3.05, 3.63) is 46.4 Å². The molecule has 0 saturated heterocycles. The number of nitrogens with one attached hydrogen (secondary N) is 1. The molecule has 0 fully saturated rings. The van der Waals surface area contributed by atoms with Gasteiger partial charge in [-0.1, -0.05) is 54.4 Å². The van der Waals surface area contributed by atoms with Crippen LogP contribution in [0.15, 0.2) is 39.5 Å². The van der Waals surface area contributed by atoms with Gasteiger partial charge in [-0.15, -0.1) is 0 Å². The normalized spacial score (nSPS) is 13.8. The van der Waals surface area contributed by atoms with Gasteiger partial charge in [-0.05, 0) is 114 Å². The molecule has 6 heteroatoms. The molecule has 0 aliphatic carbocycles. The van der Waals surface area contributed by atoms with Crippen molar-refractivity contribution < 1.29 is 8.78 Å². The van der Waals surface area contributed by atoms with Crippen LogP contribution in [0, 0.1) is 11.7 Å². The van der Waals surface area contributed by atoms with E-state index in [1.54, 1.807) is 7.05 Å². The molecule has 0 saturated carbocycles. The minimum absolute atomic E-state index is 0.286. The Morgan fingerprint density at radius 2 is 1.77 bits per heavy atom. The number of aryl methyl sites for hydroxylation is 1. The summed E-state index contributed by atoms with van der Waals surface area (Å²) in [5, 5.41) is 3.20. The highest BCUT2D eigenvalue weighted by Gasteiger charge is 2.16. The molecule has 0 spiro atoms. The van der Waals surface area contributed by atoms with Crippen LogP contribution in [-0.4, -0.2) is 39.2 Å². The quantitative estimate of drug-likeness (QED) is 0.169. The molecule has 224 valence electrons. The number of unbranched alkanes of at least 4 members (excludes halogenated alkanes) is 1. The molecule has 2 unspecified atom stereocenters. The zero-order valence-corrected chi connectivity index (χ0v) is 26.7. The van der Waals surface area contributed by atoms with E-state index in [0.717, 1.165) is 79.5 Å². The summed E-state index contributed by atoms with van der Waals surface area (Å²) in [6.07, 6.45) is 8.58. The van der Waals surface area contributed by atoms with Crippen LogP contribution in [0.2, 0.25) is 0 Å². The van der Waals surface area contributed by atoms with E-state index in [0.29, 0.717) is 18.0 Å². The number of rotatable bonds is 15. The minimum Gasteiger partial charge on any atom is -0.398 e. The molecule has 4 nitrogen and oxygen atoms in total. The Labute approximate surface area is 239 Å². The summed E-state index contributed by atoms with van der Waals surface area (Å²) < 4.78 is 26.9. The predicted molar refractivity (Wildman–Crippen MR) is 172 cm³/mol. The molecular weight excluding hydrogens is 490 g/mol. The number of alkyl halides is 1. The predicted octanol–water partition coefficient (Wildman–Crippen LogP) is 9.40. The highest BCUT2D eigenvalue weighted by atomic mass is 19.1. The van der Waals surface area contributed by atoms with Gasteiger partial charge in [0.25, 0.3) is 0 Å². The molecule has 1 rings (SSSR count). The molecule has 0 aromatic heterocycles. The SMILES string of the molecule is C=Nc1c(F)cc(CC)cc1/C(C)=C(CCC(C)CCNC)/C(N)=C/C(C)=NC.CC.CCCCC(F)CC. The maximum atomic E-state index is 14.6. The molecule has 1 aromatic carbocycles. The second kappa shape index (κ2) is 23.5. The fraction of sp³-hybridized carbons (Fsp3) is 0.636. The number of halogens is 2. The van der Waals surface area contributed by atoms with Gasteiger partial charge in [0.2, 0.25) is 0 Å². The van der Waals surface area contributed by atoms with E-state index < -0.39 is 6.17 Å². The average Bonchev–Trinajstić information content (AvgIpc) is 2.95. The van der Waals surface area contributed by atoms with Gasteiger partial charge in [0.05, 0.1) is 6.17 Å². The zero-order valence-electron chi connectivity index (χ0n) is 26.7. The van der Waals surface area contributed by atoms with E-state index in [-0.39, 0.29) is 11.5 Å². The number of benzene rings is 1. The number of hydrogen-bond acceptors (Lipinski definition) is 4. The topological polar surface area (TPSA) is 62.8 Å². The van der Waals surface area contributed by atoms with Gasteiger partial charge in [0.1, 0.15) is 11.5 Å². The summed E-state index contributed by atoms with van der Waals surface area (Å²) in [4.78, 5) is 8.16. The molecule has 0 aliphatic heterocycles. The first-order valence-corrected chi connectivity index (χ1v) is 14.8. The van der Waals surface area contributed by atoms with Gasteiger partial charge in [-0.25, -0.2) is 8.78 Å². The van der Waals surface area contributed by atoms with E-state index in [9.17, 15) is 8.78 Å². The van der Waals surface area contributed by atoms with Crippen molar-refractivity contribution in [3.63, 3.8) is 0 Å². The fourth-order valence-corrected chi connectivity index (χ4v) is 3.95. The van der Waals surface area contributed by atoms with Crippen molar-refractivity contribution in [1.29, 1.82) is 0 Å². The zero-order chi connectivity index (χ0) is 30.4. The third-order valence-corrected chi connectivity index (χ3v) is 6.70. The Kier molecular flexibility index (Phi) is 23.4. The summed E-state index contributed by atoms with van der Waals surface area (Å²) in [6, 6.07) is 3.54. The van der Waals surface area contributed by atoms with Crippen molar-refractivity contribution in [1.82, 2.24) is 5.32 Å². The number of aliphatic imine (C=N–C) groups is 2. The monoisotopic (exact) mass is 548 g/mol. The first-order chi connectivity index (χ1) is 18.6. The summed E-state index contributed by atoms with van der Waals surface area (Å²) >= 11 is 0. The standard InChI is InChI=1S/C24H37FN4.C7H15F.C2H6/c1-8-19-14-21(24(29-7)22(25)15-19)18(4)20(23(26)13-17(3)28-6)10-9-16(2)11-12-27-5;1-3-5-6-7(8)4-2;1-2/h13-16,27H,7-12,26H2,1-6H3;7H,3-6H2,1-2H3;1-2H3/b20-18+,23-13-,28-17?;;. The Bertz CT molecular complexity index is 903. The van der Waals surface area contributed by atoms with Gasteiger partial charge in [-0.2, -0.15) is 0 Å². The van der Waals surface area contributed by atoms with E-state index in [1.807, 2.05) is 60.7 Å². The Morgan fingerprint density at radius 3 is 2.26 bits per heavy atom. The summed E-state index contributed by atoms with van der Waals surface area (Å²) in [5.74, 6) is 0.207. The molecule has 0 bridgehead atoms. The maximum Gasteiger partial charge on any atom is 0.149 e. The summed E-state index contributed by atoms with van der Waals surface area (Å²) in [5.41, 5.74) is 12.0. The summed E-state index contributed by atoms with van der Waals surface area (Å²) in [7, 11) is 3.71. The molecule has 0 amide bonds. The Hall–Kier alpha value is -2.34. The van der Waals surface area contributed by atoms with Gasteiger partial charge in [0.15, 0.2) is 0 Å². The number of nitrogens with zero attached hydrogens (tertiary/aromatic N) is 2. The lowest BCUT2D eigenvalue weighted by Gasteiger charge is -2.18. The minimum atomic E-state index is -0.546. The lowest BCUT2D eigenvalue weighted by Crippen LogP contribution is -2.12. The smallest absolute Gasteiger partial charge is 0.149 e. The van der Waals surface area contributed by atoms with Crippen LogP contribution < -0.4 is 11.1 Å². The van der Waals surface area contributed by atoms with Gasteiger partial charge >= 0.3 is 0 Å². The van der Waals surface area contributed by atoms with Crippen molar-refractivity contribution in [2.24, 2.45) is 21.6 Å². The van der Waals surface area contributed by atoms with Crippen LogP contribution in [0.1, 0.15) is 111 Å². The van der Waals surface area contributed by atoms with Crippen molar-refractivity contribution >= 4 is 23.7 Å². The molecule has 0 radical (unpaired) electrons. The van der Waals surface area contributed by atoms with E-state index in [2.05, 4.69) is 35.9 Å². The maximum absolute atomic E-state index is 14.6. The fourth-order valence-electron chi connectivity index (χ4n) is 3.95. The highest BCUT2D eigenvalue weighted by molar-refractivity contribution is 5.94. The molecule has 0 aliphatic rings. The van der Waals surface area contributed by atoms with Crippen LogP contribution in [0.25, 0.3) is 5.57 Å². The Morgan fingerprint density at radius 1 is 1.13 bits per heavy atom. The average molecular weight is 549 g/mol. The molecule has 0 heterocycles. The molecule has 2 atom stereocenters. The molecular formula is C33H58F2N4. The highest BCUT2D eigenvalue weighted by Crippen LogP contribution is 2.35. The van der Waals surface area contributed by atoms with Crippen LogP contribution in [-0.2, 0) is 6.42 Å². The number of allylic oxidation sites excluding steroid dienone is 3. The van der Waals surface area contributed by atoms with E-state index >= 15 is 0 Å². The Balaban J connectivity index is 0. The first-order valence-electron chi connectivity index (χ1n) is 14.8. The van der Waals surface area contributed by atoms with Crippen LogP contribution in [0.4, 0.5) is 14.5 Å². The van der Waals surface area contributed by atoms with Crippen molar-refractivity contribution in [2.75, 3.05) is 20.6 Å². The van der Waals surface area contributed by atoms with Crippen LogP contribution >= 0.6 is 0 Å². The van der Waals surface area contributed by atoms with E-state index in [4.69, 9.17) is 5.73 Å². The number of nitrogens with two attached hydrogens (primary N) is 1. The second-order valence-corrected chi connectivity index (χ2v) is 9.74. The third-order valence-electron chi connectivity index (χ3n) is 6.70. The third kappa shape index (κ3) is 15.7. The van der Waals surface area contributed by atoms with Crippen molar-refractivity contribution in [3.8, 4) is 0 Å². The van der Waals surface area contributed by atoms with Crippen LogP contribution in [0.3, 0.4) is 0 Å². The van der Waals surface area contributed by atoms with Gasteiger partial charge in [0, 0.05) is 24.0 Å². The molecule has 1 aromatic rings. The van der Waals surface area contributed by atoms with Gasteiger partial charge in [-0.3, -0.25) is 9.98 Å². The van der Waals surface area contributed by atoms with Crippen LogP contribution in [0.5, 0.6) is 0 Å². The second-order valence-electron chi connectivity index (χ2n) is 9.74. The number of hydrogen-bond donors (Lipinski definition) is 2. The van der Waals surface area contributed by atoms with Gasteiger partial charge < -0.3 is 11.1 Å². The summed E-state index contributed by atoms with van der Waals surface area (Å²) in [6.45, 7) is 20.7. The lowest BCUT2D eigenvalue weighted by atomic mass is 9.90. The first kappa shape index (κ1) is 38.8. The lowest BCUT2D eigenvalue weighted by molar-refractivity contribution is 0.299. The van der Waals surface area contributed by atoms with Crippen molar-refractivity contribution in [2.45, 2.75) is 113 Å². The molecule has 3 N–H and O–H groups in total. The largest absolute Gasteiger partial charge is 0.398 e.